The monoisotopic (exact) mass is 315 g/mol. The summed E-state index contributed by atoms with van der Waals surface area (Å²) in [4.78, 5) is -0.0546. The SMILES string of the molecule is COCC1C(NS(=O)(=O)c2cccc(F)c2)C2CCOC21. The molecule has 4 unspecified atom stereocenters. The molecule has 0 bridgehead atoms. The Labute approximate surface area is 123 Å². The summed E-state index contributed by atoms with van der Waals surface area (Å²) in [6.07, 6.45) is 0.895. The molecule has 4 atom stereocenters. The summed E-state index contributed by atoms with van der Waals surface area (Å²) in [5.74, 6) is -0.388. The molecule has 0 spiro atoms. The van der Waals surface area contributed by atoms with Crippen LogP contribution in [-0.4, -0.2) is 40.9 Å². The molecular formula is C14H18FNO4S. The maximum atomic E-state index is 13.2. The van der Waals surface area contributed by atoms with E-state index in [1.165, 1.54) is 18.2 Å². The zero-order valence-corrected chi connectivity index (χ0v) is 12.5. The average Bonchev–Trinajstić information content (AvgIpc) is 2.87. The van der Waals surface area contributed by atoms with E-state index in [1.54, 1.807) is 7.11 Å². The van der Waals surface area contributed by atoms with Crippen molar-refractivity contribution < 1.29 is 22.3 Å². The van der Waals surface area contributed by atoms with Crippen molar-refractivity contribution in [3.63, 3.8) is 0 Å². The van der Waals surface area contributed by atoms with Gasteiger partial charge in [-0.3, -0.25) is 0 Å². The fraction of sp³-hybridized carbons (Fsp3) is 0.571. The molecule has 5 nitrogen and oxygen atoms in total. The maximum absolute atomic E-state index is 13.2. The Morgan fingerprint density at radius 2 is 2.29 bits per heavy atom. The third-order valence-corrected chi connectivity index (χ3v) is 5.74. The number of fused-ring (bicyclic) bond motifs is 1. The first-order valence-corrected chi connectivity index (χ1v) is 8.39. The van der Waals surface area contributed by atoms with Gasteiger partial charge in [0.25, 0.3) is 0 Å². The van der Waals surface area contributed by atoms with Gasteiger partial charge in [-0.05, 0) is 24.6 Å². The minimum atomic E-state index is -3.73. The van der Waals surface area contributed by atoms with Crippen LogP contribution < -0.4 is 4.72 Å². The van der Waals surface area contributed by atoms with Gasteiger partial charge in [0, 0.05) is 31.6 Å². The van der Waals surface area contributed by atoms with Crippen molar-refractivity contribution in [3.8, 4) is 0 Å². The molecule has 2 fully saturated rings. The Bertz CT molecular complexity index is 621. The van der Waals surface area contributed by atoms with Gasteiger partial charge < -0.3 is 9.47 Å². The van der Waals surface area contributed by atoms with E-state index in [4.69, 9.17) is 9.47 Å². The molecule has 0 radical (unpaired) electrons. The van der Waals surface area contributed by atoms with Crippen LogP contribution in [0.2, 0.25) is 0 Å². The van der Waals surface area contributed by atoms with E-state index >= 15 is 0 Å². The largest absolute Gasteiger partial charge is 0.384 e. The van der Waals surface area contributed by atoms with Gasteiger partial charge in [0.15, 0.2) is 0 Å². The first kappa shape index (κ1) is 14.9. The lowest BCUT2D eigenvalue weighted by atomic mass is 9.68. The van der Waals surface area contributed by atoms with Gasteiger partial charge in [-0.15, -0.1) is 0 Å². The predicted octanol–water partition coefficient (Wildman–Crippen LogP) is 1.15. The van der Waals surface area contributed by atoms with Crippen LogP contribution in [0.4, 0.5) is 4.39 Å². The summed E-state index contributed by atoms with van der Waals surface area (Å²) < 4.78 is 51.4. The van der Waals surface area contributed by atoms with E-state index in [2.05, 4.69) is 4.72 Å². The van der Waals surface area contributed by atoms with Crippen LogP contribution in [0.25, 0.3) is 0 Å². The van der Waals surface area contributed by atoms with Crippen molar-refractivity contribution in [2.24, 2.45) is 11.8 Å². The first-order valence-electron chi connectivity index (χ1n) is 6.91. The van der Waals surface area contributed by atoms with E-state index in [9.17, 15) is 12.8 Å². The Balaban J connectivity index is 1.78. The summed E-state index contributed by atoms with van der Waals surface area (Å²) in [5, 5.41) is 0. The van der Waals surface area contributed by atoms with Gasteiger partial charge in [0.1, 0.15) is 5.82 Å². The highest BCUT2D eigenvalue weighted by Crippen LogP contribution is 2.44. The Kier molecular flexibility index (Phi) is 4.00. The second kappa shape index (κ2) is 5.64. The van der Waals surface area contributed by atoms with Crippen molar-refractivity contribution in [3.05, 3.63) is 30.1 Å². The summed E-state index contributed by atoms with van der Waals surface area (Å²) in [5.41, 5.74) is 0. The second-order valence-corrected chi connectivity index (χ2v) is 7.23. The van der Waals surface area contributed by atoms with Gasteiger partial charge >= 0.3 is 0 Å². The van der Waals surface area contributed by atoms with E-state index in [0.717, 1.165) is 12.5 Å². The maximum Gasteiger partial charge on any atom is 0.240 e. The van der Waals surface area contributed by atoms with Crippen LogP contribution in [0.3, 0.4) is 0 Å². The molecule has 1 saturated heterocycles. The molecule has 1 saturated carbocycles. The fourth-order valence-corrected chi connectivity index (χ4v) is 4.65. The van der Waals surface area contributed by atoms with Crippen molar-refractivity contribution in [1.29, 1.82) is 0 Å². The van der Waals surface area contributed by atoms with Crippen LogP contribution in [0.15, 0.2) is 29.2 Å². The number of rotatable bonds is 5. The molecule has 1 N–H and O–H groups in total. The van der Waals surface area contributed by atoms with Crippen molar-refractivity contribution in [2.75, 3.05) is 20.3 Å². The van der Waals surface area contributed by atoms with Crippen LogP contribution in [0, 0.1) is 17.7 Å². The lowest BCUT2D eigenvalue weighted by Crippen LogP contribution is -2.62. The lowest BCUT2D eigenvalue weighted by molar-refractivity contribution is -0.0775. The predicted molar refractivity (Wildman–Crippen MR) is 73.7 cm³/mol. The number of halogens is 1. The molecule has 116 valence electrons. The minimum Gasteiger partial charge on any atom is -0.384 e. The molecule has 1 aliphatic heterocycles. The Morgan fingerprint density at radius 3 is 3.00 bits per heavy atom. The number of ether oxygens (including phenoxy) is 2. The minimum absolute atomic E-state index is 0.00540. The van der Waals surface area contributed by atoms with E-state index < -0.39 is 15.8 Å². The zero-order valence-electron chi connectivity index (χ0n) is 11.7. The van der Waals surface area contributed by atoms with E-state index in [-0.39, 0.29) is 28.9 Å². The molecular weight excluding hydrogens is 297 g/mol. The number of methoxy groups -OCH3 is 1. The molecule has 1 aromatic rings. The van der Waals surface area contributed by atoms with Gasteiger partial charge in [-0.1, -0.05) is 6.07 Å². The lowest BCUT2D eigenvalue weighted by Gasteiger charge is -2.47. The fourth-order valence-electron chi connectivity index (χ4n) is 3.28. The molecule has 2 aliphatic rings. The highest BCUT2D eigenvalue weighted by Gasteiger charge is 2.54. The van der Waals surface area contributed by atoms with Crippen molar-refractivity contribution >= 4 is 10.0 Å². The van der Waals surface area contributed by atoms with Gasteiger partial charge in [0.05, 0.1) is 17.6 Å². The molecule has 1 aromatic carbocycles. The number of sulfonamides is 1. The zero-order chi connectivity index (χ0) is 15.0. The van der Waals surface area contributed by atoms with E-state index in [0.29, 0.717) is 13.2 Å². The van der Waals surface area contributed by atoms with Crippen molar-refractivity contribution in [2.45, 2.75) is 23.5 Å². The third-order valence-electron chi connectivity index (χ3n) is 4.28. The van der Waals surface area contributed by atoms with Crippen LogP contribution in [0.1, 0.15) is 6.42 Å². The Hall–Kier alpha value is -1.02. The average molecular weight is 315 g/mol. The van der Waals surface area contributed by atoms with Crippen LogP contribution >= 0.6 is 0 Å². The number of hydrogen-bond acceptors (Lipinski definition) is 4. The number of nitrogens with one attached hydrogen (secondary N) is 1. The summed E-state index contributed by atoms with van der Waals surface area (Å²) in [6, 6.07) is 4.80. The smallest absolute Gasteiger partial charge is 0.240 e. The molecule has 21 heavy (non-hydrogen) atoms. The molecule has 3 rings (SSSR count). The second-order valence-electron chi connectivity index (χ2n) is 5.51. The Morgan fingerprint density at radius 1 is 1.48 bits per heavy atom. The highest BCUT2D eigenvalue weighted by atomic mass is 32.2. The van der Waals surface area contributed by atoms with E-state index in [1.807, 2.05) is 0 Å². The molecule has 0 amide bonds. The van der Waals surface area contributed by atoms with Crippen LogP contribution in [0.5, 0.6) is 0 Å². The first-order chi connectivity index (χ1) is 10.0. The molecule has 1 heterocycles. The number of benzene rings is 1. The summed E-state index contributed by atoms with van der Waals surface area (Å²) in [7, 11) is -2.15. The topological polar surface area (TPSA) is 64.6 Å². The molecule has 1 aliphatic carbocycles. The van der Waals surface area contributed by atoms with Crippen molar-refractivity contribution in [1.82, 2.24) is 4.72 Å². The number of hydrogen-bond donors (Lipinski definition) is 1. The van der Waals surface area contributed by atoms with Gasteiger partial charge in [0.2, 0.25) is 10.0 Å². The quantitative estimate of drug-likeness (QED) is 0.885. The molecule has 7 heteroatoms. The normalized spacial score (nSPS) is 31.7. The summed E-state index contributed by atoms with van der Waals surface area (Å²) in [6.45, 7) is 1.09. The van der Waals surface area contributed by atoms with Crippen LogP contribution in [-0.2, 0) is 19.5 Å². The van der Waals surface area contributed by atoms with Gasteiger partial charge in [-0.25, -0.2) is 17.5 Å². The van der Waals surface area contributed by atoms with Gasteiger partial charge in [-0.2, -0.15) is 0 Å². The summed E-state index contributed by atoms with van der Waals surface area (Å²) >= 11 is 0. The highest BCUT2D eigenvalue weighted by molar-refractivity contribution is 7.89. The molecule has 0 aromatic heterocycles. The standard InChI is InChI=1S/C14H18FNO4S/c1-19-8-12-13(11-5-6-20-14(11)12)16-21(17,18)10-4-2-3-9(15)7-10/h2-4,7,11-14,16H,5-6,8H2,1H3. The third kappa shape index (κ3) is 2.70.